The standard InChI is InChI=1S/C18H13ClF3NO5.C7H6O2/c19-13-7-6-11(8-12(13)18(20,21)22)23-15(24)9-14(16(25)26)28-17(27)10-4-2-1-3-5-10;8-7(9)6-4-2-1-3-5-6/h1-8,14H,9H2,(H,23,24)(H,25,26);1-5H,(H,8,9)/t14-;/m1./s1. The predicted molar refractivity (Wildman–Crippen MR) is 126 cm³/mol. The molecule has 3 N–H and O–H groups in total. The van der Waals surface area contributed by atoms with Gasteiger partial charge in [0.1, 0.15) is 0 Å². The summed E-state index contributed by atoms with van der Waals surface area (Å²) in [4.78, 5) is 45.4. The maximum absolute atomic E-state index is 12.9. The summed E-state index contributed by atoms with van der Waals surface area (Å²) >= 11 is 5.49. The van der Waals surface area contributed by atoms with Gasteiger partial charge in [-0.2, -0.15) is 13.2 Å². The topological polar surface area (TPSA) is 130 Å². The van der Waals surface area contributed by atoms with Crippen LogP contribution < -0.4 is 5.32 Å². The number of nitrogens with one attached hydrogen (secondary N) is 1. The average molecular weight is 538 g/mol. The Kier molecular flexibility index (Phi) is 10.2. The number of carbonyl (C=O) groups excluding carboxylic acids is 2. The lowest BCUT2D eigenvalue weighted by molar-refractivity contribution is -0.149. The molecule has 0 fully saturated rings. The van der Waals surface area contributed by atoms with E-state index in [1.165, 1.54) is 24.3 Å². The molecular weight excluding hydrogens is 519 g/mol. The second-order valence-corrected chi connectivity index (χ2v) is 7.62. The SMILES string of the molecule is O=C(C[C@@H](OC(=O)c1ccccc1)C(=O)O)Nc1ccc(Cl)c(C(F)(F)F)c1.O=C(O)c1ccccc1. The fourth-order valence-corrected chi connectivity index (χ4v) is 2.96. The molecule has 0 saturated carbocycles. The molecule has 0 aromatic heterocycles. The minimum absolute atomic E-state index is 0.0849. The fraction of sp³-hybridized carbons (Fsp3) is 0.120. The molecule has 3 aromatic rings. The Balaban J connectivity index is 0.000000449. The number of esters is 1. The summed E-state index contributed by atoms with van der Waals surface area (Å²) in [5.74, 6) is -4.36. The number of aliphatic carboxylic acids is 1. The molecule has 3 rings (SSSR count). The minimum Gasteiger partial charge on any atom is -0.478 e. The van der Waals surface area contributed by atoms with Crippen molar-refractivity contribution >= 4 is 41.1 Å². The van der Waals surface area contributed by atoms with Gasteiger partial charge in [0.2, 0.25) is 12.0 Å². The second-order valence-electron chi connectivity index (χ2n) is 7.21. The summed E-state index contributed by atoms with van der Waals surface area (Å²) < 4.78 is 43.4. The number of rotatable bonds is 7. The van der Waals surface area contributed by atoms with E-state index in [4.69, 9.17) is 26.6 Å². The van der Waals surface area contributed by atoms with Gasteiger partial charge in [-0.1, -0.05) is 48.0 Å². The number of benzene rings is 3. The Morgan fingerprint density at radius 2 is 1.41 bits per heavy atom. The predicted octanol–water partition coefficient (Wildman–Crippen LogP) is 5.38. The maximum Gasteiger partial charge on any atom is 0.417 e. The molecule has 0 radical (unpaired) electrons. The molecule has 0 heterocycles. The Morgan fingerprint density at radius 1 is 0.865 bits per heavy atom. The molecule has 0 bridgehead atoms. The van der Waals surface area contributed by atoms with Gasteiger partial charge in [0.25, 0.3) is 0 Å². The summed E-state index contributed by atoms with van der Waals surface area (Å²) in [7, 11) is 0. The third kappa shape index (κ3) is 9.30. The number of hydrogen-bond donors (Lipinski definition) is 3. The second kappa shape index (κ2) is 13.1. The van der Waals surface area contributed by atoms with Crippen LogP contribution in [0.5, 0.6) is 0 Å². The van der Waals surface area contributed by atoms with Gasteiger partial charge >= 0.3 is 24.1 Å². The van der Waals surface area contributed by atoms with Crippen molar-refractivity contribution in [3.05, 3.63) is 101 Å². The van der Waals surface area contributed by atoms with Gasteiger partial charge in [-0.25, -0.2) is 14.4 Å². The first-order valence-electron chi connectivity index (χ1n) is 10.3. The lowest BCUT2D eigenvalue weighted by Gasteiger charge is -2.15. The highest BCUT2D eigenvalue weighted by Gasteiger charge is 2.33. The number of aromatic carboxylic acids is 1. The van der Waals surface area contributed by atoms with Gasteiger partial charge in [0, 0.05) is 5.69 Å². The minimum atomic E-state index is -4.73. The summed E-state index contributed by atoms with van der Waals surface area (Å²) in [6.07, 6.45) is -7.34. The lowest BCUT2D eigenvalue weighted by atomic mass is 10.1. The van der Waals surface area contributed by atoms with E-state index in [0.717, 1.165) is 12.1 Å². The highest BCUT2D eigenvalue weighted by Crippen LogP contribution is 2.36. The zero-order chi connectivity index (χ0) is 27.6. The number of hydrogen-bond acceptors (Lipinski definition) is 5. The van der Waals surface area contributed by atoms with Crippen molar-refractivity contribution in [3.8, 4) is 0 Å². The van der Waals surface area contributed by atoms with Crippen molar-refractivity contribution in [1.82, 2.24) is 0 Å². The smallest absolute Gasteiger partial charge is 0.417 e. The van der Waals surface area contributed by atoms with Crippen LogP contribution in [0.25, 0.3) is 0 Å². The molecule has 8 nitrogen and oxygen atoms in total. The van der Waals surface area contributed by atoms with Crippen molar-refractivity contribution < 1.29 is 47.3 Å². The molecule has 37 heavy (non-hydrogen) atoms. The number of anilines is 1. The zero-order valence-electron chi connectivity index (χ0n) is 18.7. The largest absolute Gasteiger partial charge is 0.478 e. The van der Waals surface area contributed by atoms with Crippen LogP contribution in [0.15, 0.2) is 78.9 Å². The van der Waals surface area contributed by atoms with E-state index in [2.05, 4.69) is 5.32 Å². The highest BCUT2D eigenvalue weighted by molar-refractivity contribution is 6.31. The van der Waals surface area contributed by atoms with E-state index in [9.17, 15) is 32.3 Å². The molecule has 0 saturated heterocycles. The Bertz CT molecular complexity index is 1250. The van der Waals surface area contributed by atoms with Gasteiger partial charge in [0.15, 0.2) is 0 Å². The average Bonchev–Trinajstić information content (AvgIpc) is 2.85. The first kappa shape index (κ1) is 28.9. The van der Waals surface area contributed by atoms with Crippen LogP contribution in [-0.2, 0) is 20.5 Å². The van der Waals surface area contributed by atoms with Gasteiger partial charge in [-0.05, 0) is 42.5 Å². The van der Waals surface area contributed by atoms with Crippen LogP contribution in [0.4, 0.5) is 18.9 Å². The van der Waals surface area contributed by atoms with E-state index >= 15 is 0 Å². The van der Waals surface area contributed by atoms with Crippen LogP contribution in [0.1, 0.15) is 32.7 Å². The van der Waals surface area contributed by atoms with Gasteiger partial charge < -0.3 is 20.3 Å². The van der Waals surface area contributed by atoms with Crippen molar-refractivity contribution in [2.75, 3.05) is 5.32 Å². The Labute approximate surface area is 213 Å². The zero-order valence-corrected chi connectivity index (χ0v) is 19.5. The summed E-state index contributed by atoms with van der Waals surface area (Å²) in [5, 5.41) is 19.1. The van der Waals surface area contributed by atoms with E-state index in [0.29, 0.717) is 11.6 Å². The van der Waals surface area contributed by atoms with Crippen molar-refractivity contribution in [2.24, 2.45) is 0 Å². The third-order valence-corrected chi connectivity index (χ3v) is 4.81. The lowest BCUT2D eigenvalue weighted by Crippen LogP contribution is -2.31. The number of halogens is 4. The number of carbonyl (C=O) groups is 4. The van der Waals surface area contributed by atoms with Crippen molar-refractivity contribution in [2.45, 2.75) is 18.7 Å². The molecule has 1 atom stereocenters. The van der Waals surface area contributed by atoms with Crippen molar-refractivity contribution in [1.29, 1.82) is 0 Å². The number of amides is 1. The first-order chi connectivity index (χ1) is 17.4. The van der Waals surface area contributed by atoms with Crippen LogP contribution >= 0.6 is 11.6 Å². The number of carboxylic acid groups (broad SMARTS) is 2. The highest BCUT2D eigenvalue weighted by atomic mass is 35.5. The molecule has 3 aromatic carbocycles. The number of carboxylic acids is 2. The molecule has 0 unspecified atom stereocenters. The molecule has 1 amide bonds. The molecule has 0 aliphatic carbocycles. The van der Waals surface area contributed by atoms with Crippen molar-refractivity contribution in [3.63, 3.8) is 0 Å². The van der Waals surface area contributed by atoms with Gasteiger partial charge in [-0.3, -0.25) is 4.79 Å². The summed E-state index contributed by atoms with van der Waals surface area (Å²) in [5.41, 5.74) is -0.975. The first-order valence-corrected chi connectivity index (χ1v) is 10.7. The van der Waals surface area contributed by atoms with Crippen LogP contribution in [0, 0.1) is 0 Å². The quantitative estimate of drug-likeness (QED) is 0.345. The van der Waals surface area contributed by atoms with E-state index in [1.807, 2.05) is 0 Å². The number of ether oxygens (including phenoxy) is 1. The molecule has 0 spiro atoms. The van der Waals surface area contributed by atoms with E-state index in [1.54, 1.807) is 36.4 Å². The normalized spacial score (nSPS) is 11.4. The van der Waals surface area contributed by atoms with Crippen LogP contribution in [-0.4, -0.2) is 40.1 Å². The van der Waals surface area contributed by atoms with E-state index < -0.39 is 53.1 Å². The molecule has 12 heteroatoms. The van der Waals surface area contributed by atoms with Gasteiger partial charge in [0.05, 0.1) is 28.1 Å². The van der Waals surface area contributed by atoms with Crippen LogP contribution in [0.3, 0.4) is 0 Å². The summed E-state index contributed by atoms with van der Waals surface area (Å²) in [6, 6.07) is 18.5. The Morgan fingerprint density at radius 3 is 1.86 bits per heavy atom. The molecule has 194 valence electrons. The monoisotopic (exact) mass is 537 g/mol. The van der Waals surface area contributed by atoms with Gasteiger partial charge in [-0.15, -0.1) is 0 Å². The number of alkyl halides is 3. The molecule has 0 aliphatic heterocycles. The summed E-state index contributed by atoms with van der Waals surface area (Å²) in [6.45, 7) is 0. The fourth-order valence-electron chi connectivity index (χ4n) is 2.73. The van der Waals surface area contributed by atoms with Crippen LogP contribution in [0.2, 0.25) is 5.02 Å². The third-order valence-electron chi connectivity index (χ3n) is 4.48. The molecular formula is C25H19ClF3NO7. The molecule has 0 aliphatic rings. The Hall–Kier alpha value is -4.38. The maximum atomic E-state index is 12.9. The van der Waals surface area contributed by atoms with E-state index in [-0.39, 0.29) is 11.3 Å².